The van der Waals surface area contributed by atoms with Gasteiger partial charge in [-0.3, -0.25) is 14.4 Å². The molecular formula is C18H24N2O6. The Morgan fingerprint density at radius 2 is 2.00 bits per heavy atom. The fourth-order valence-electron chi connectivity index (χ4n) is 2.86. The van der Waals surface area contributed by atoms with Gasteiger partial charge < -0.3 is 24.8 Å². The number of nitrogens with one attached hydrogen (secondary N) is 1. The van der Waals surface area contributed by atoms with Crippen molar-refractivity contribution in [2.45, 2.75) is 25.8 Å². The summed E-state index contributed by atoms with van der Waals surface area (Å²) >= 11 is 0. The summed E-state index contributed by atoms with van der Waals surface area (Å²) in [4.78, 5) is 36.7. The Bertz CT molecular complexity index is 690. The van der Waals surface area contributed by atoms with E-state index in [-0.39, 0.29) is 12.3 Å². The summed E-state index contributed by atoms with van der Waals surface area (Å²) in [6, 6.07) is 4.60. The van der Waals surface area contributed by atoms with Crippen molar-refractivity contribution in [3.05, 3.63) is 23.8 Å². The second-order valence-electron chi connectivity index (χ2n) is 6.25. The van der Waals surface area contributed by atoms with Crippen molar-refractivity contribution in [2.24, 2.45) is 5.92 Å². The minimum absolute atomic E-state index is 0.101. The first-order chi connectivity index (χ1) is 12.3. The van der Waals surface area contributed by atoms with Gasteiger partial charge in [-0.25, -0.2) is 0 Å². The van der Waals surface area contributed by atoms with Crippen LogP contribution in [0, 0.1) is 5.92 Å². The molecule has 1 saturated heterocycles. The van der Waals surface area contributed by atoms with Crippen molar-refractivity contribution in [1.82, 2.24) is 10.2 Å². The van der Waals surface area contributed by atoms with Crippen LogP contribution in [0.1, 0.15) is 18.9 Å². The molecule has 1 aromatic carbocycles. The van der Waals surface area contributed by atoms with Crippen molar-refractivity contribution in [2.75, 3.05) is 27.3 Å². The average molecular weight is 364 g/mol. The molecule has 0 aliphatic carbocycles. The van der Waals surface area contributed by atoms with Crippen LogP contribution in [0.3, 0.4) is 0 Å². The number of carbonyl (C=O) groups is 3. The molecule has 2 unspecified atom stereocenters. The normalized spacial score (nSPS) is 17.7. The molecule has 2 amide bonds. The van der Waals surface area contributed by atoms with Gasteiger partial charge in [-0.1, -0.05) is 6.07 Å². The van der Waals surface area contributed by atoms with E-state index in [0.29, 0.717) is 31.0 Å². The molecule has 8 nitrogen and oxygen atoms in total. The minimum Gasteiger partial charge on any atom is -0.493 e. The summed E-state index contributed by atoms with van der Waals surface area (Å²) in [5, 5.41) is 11.3. The molecule has 0 radical (unpaired) electrons. The molecular weight excluding hydrogens is 340 g/mol. The largest absolute Gasteiger partial charge is 0.493 e. The van der Waals surface area contributed by atoms with E-state index in [1.54, 1.807) is 19.1 Å². The van der Waals surface area contributed by atoms with E-state index in [4.69, 9.17) is 14.6 Å². The third-order valence-electron chi connectivity index (χ3n) is 4.43. The van der Waals surface area contributed by atoms with Gasteiger partial charge >= 0.3 is 5.97 Å². The van der Waals surface area contributed by atoms with Gasteiger partial charge in [-0.15, -0.1) is 0 Å². The number of rotatable bonds is 8. The minimum atomic E-state index is -1.10. The number of aliphatic carboxylic acids is 1. The van der Waals surface area contributed by atoms with Gasteiger partial charge in [0.25, 0.3) is 0 Å². The summed E-state index contributed by atoms with van der Waals surface area (Å²) in [6.07, 6.45) is 0.718. The number of methoxy groups -OCH3 is 2. The van der Waals surface area contributed by atoms with Crippen LogP contribution < -0.4 is 14.8 Å². The second kappa shape index (κ2) is 8.55. The van der Waals surface area contributed by atoms with E-state index in [9.17, 15) is 14.4 Å². The van der Waals surface area contributed by atoms with Crippen LogP contribution in [0.5, 0.6) is 11.5 Å². The first-order valence-corrected chi connectivity index (χ1v) is 8.37. The van der Waals surface area contributed by atoms with Gasteiger partial charge in [-0.2, -0.15) is 0 Å². The zero-order valence-electron chi connectivity index (χ0n) is 15.2. The van der Waals surface area contributed by atoms with Gasteiger partial charge in [0.1, 0.15) is 6.04 Å². The van der Waals surface area contributed by atoms with Crippen molar-refractivity contribution < 1.29 is 29.0 Å². The van der Waals surface area contributed by atoms with E-state index in [1.807, 2.05) is 18.2 Å². The number of ether oxygens (including phenoxy) is 2. The number of carbonyl (C=O) groups excluding carboxylic acids is 2. The Kier molecular flexibility index (Phi) is 6.43. The Labute approximate surface area is 152 Å². The summed E-state index contributed by atoms with van der Waals surface area (Å²) in [6.45, 7) is 2.17. The molecule has 0 bridgehead atoms. The number of benzene rings is 1. The molecule has 2 N–H and O–H groups in total. The lowest BCUT2D eigenvalue weighted by atomic mass is 10.1. The van der Waals surface area contributed by atoms with E-state index in [0.717, 1.165) is 5.56 Å². The topological polar surface area (TPSA) is 105 Å². The maximum Gasteiger partial charge on any atom is 0.325 e. The van der Waals surface area contributed by atoms with Crippen LogP contribution >= 0.6 is 0 Å². The van der Waals surface area contributed by atoms with Crippen LogP contribution in [-0.4, -0.2) is 61.1 Å². The number of carboxylic acids is 1. The zero-order chi connectivity index (χ0) is 19.3. The average Bonchev–Trinajstić information content (AvgIpc) is 3.00. The molecule has 0 saturated carbocycles. The van der Waals surface area contributed by atoms with Crippen molar-refractivity contribution in [1.29, 1.82) is 0 Å². The Balaban J connectivity index is 1.92. The Hall–Kier alpha value is -2.77. The Morgan fingerprint density at radius 3 is 2.62 bits per heavy atom. The highest BCUT2D eigenvalue weighted by atomic mass is 16.5. The van der Waals surface area contributed by atoms with Crippen molar-refractivity contribution in [3.8, 4) is 11.5 Å². The zero-order valence-corrected chi connectivity index (χ0v) is 15.2. The molecule has 0 aromatic heterocycles. The van der Waals surface area contributed by atoms with Crippen molar-refractivity contribution in [3.63, 3.8) is 0 Å². The number of likely N-dealkylation sites (tertiary alicyclic amines) is 1. The summed E-state index contributed by atoms with van der Waals surface area (Å²) < 4.78 is 10.5. The predicted molar refractivity (Wildman–Crippen MR) is 93.2 cm³/mol. The number of nitrogens with zero attached hydrogens (tertiary/aromatic N) is 1. The lowest BCUT2D eigenvalue weighted by Crippen LogP contribution is -2.42. The molecule has 2 atom stereocenters. The lowest BCUT2D eigenvalue weighted by molar-refractivity contribution is -0.141. The highest BCUT2D eigenvalue weighted by Crippen LogP contribution is 2.28. The molecule has 1 fully saturated rings. The number of carboxylic acid groups (broad SMARTS) is 1. The molecule has 1 aliphatic rings. The van der Waals surface area contributed by atoms with E-state index in [2.05, 4.69) is 5.32 Å². The summed E-state index contributed by atoms with van der Waals surface area (Å²) in [7, 11) is 3.13. The van der Waals surface area contributed by atoms with Crippen LogP contribution in [-0.2, 0) is 20.8 Å². The Morgan fingerprint density at radius 1 is 1.31 bits per heavy atom. The van der Waals surface area contributed by atoms with Crippen LogP contribution in [0.4, 0.5) is 0 Å². The van der Waals surface area contributed by atoms with Crippen molar-refractivity contribution >= 4 is 17.8 Å². The SMILES string of the molecule is COc1ccc(CCN2CC(C(=O)NC(C)C(=O)O)CC2=O)cc1OC. The third kappa shape index (κ3) is 4.65. The van der Waals surface area contributed by atoms with Gasteiger partial charge in [0.15, 0.2) is 11.5 Å². The molecule has 0 spiro atoms. The van der Waals surface area contributed by atoms with E-state index < -0.39 is 23.8 Å². The monoisotopic (exact) mass is 364 g/mol. The molecule has 1 heterocycles. The molecule has 1 aromatic rings. The van der Waals surface area contributed by atoms with Crippen LogP contribution in [0.15, 0.2) is 18.2 Å². The molecule has 142 valence electrons. The summed E-state index contributed by atoms with van der Waals surface area (Å²) in [5.74, 6) is -0.867. The highest BCUT2D eigenvalue weighted by Gasteiger charge is 2.34. The molecule has 8 heteroatoms. The molecule has 2 rings (SSSR count). The van der Waals surface area contributed by atoms with Crippen LogP contribution in [0.25, 0.3) is 0 Å². The maximum absolute atomic E-state index is 12.1. The number of hydrogen-bond acceptors (Lipinski definition) is 5. The van der Waals surface area contributed by atoms with E-state index >= 15 is 0 Å². The second-order valence-corrected chi connectivity index (χ2v) is 6.25. The first kappa shape index (κ1) is 19.6. The van der Waals surface area contributed by atoms with Crippen LogP contribution in [0.2, 0.25) is 0 Å². The standard InChI is InChI=1S/C18H24N2O6/c1-11(18(23)24)19-17(22)13-9-16(21)20(10-13)7-6-12-4-5-14(25-2)15(8-12)26-3/h4-5,8,11,13H,6-7,9-10H2,1-3H3,(H,19,22)(H,23,24). The quantitative estimate of drug-likeness (QED) is 0.703. The lowest BCUT2D eigenvalue weighted by Gasteiger charge is -2.18. The fraction of sp³-hybridized carbons (Fsp3) is 0.500. The number of hydrogen-bond donors (Lipinski definition) is 2. The maximum atomic E-state index is 12.1. The molecule has 1 aliphatic heterocycles. The van der Waals surface area contributed by atoms with Gasteiger partial charge in [0.05, 0.1) is 20.1 Å². The van der Waals surface area contributed by atoms with Gasteiger partial charge in [-0.05, 0) is 31.0 Å². The van der Waals surface area contributed by atoms with E-state index in [1.165, 1.54) is 6.92 Å². The van der Waals surface area contributed by atoms with Gasteiger partial charge in [0.2, 0.25) is 11.8 Å². The third-order valence-corrected chi connectivity index (χ3v) is 4.43. The number of amides is 2. The first-order valence-electron chi connectivity index (χ1n) is 8.37. The predicted octanol–water partition coefficient (Wildman–Crippen LogP) is 0.684. The highest BCUT2D eigenvalue weighted by molar-refractivity contribution is 5.91. The fourth-order valence-corrected chi connectivity index (χ4v) is 2.86. The van der Waals surface area contributed by atoms with Gasteiger partial charge in [0, 0.05) is 19.5 Å². The molecule has 26 heavy (non-hydrogen) atoms. The summed E-state index contributed by atoms with van der Waals surface area (Å²) in [5.41, 5.74) is 0.989. The smallest absolute Gasteiger partial charge is 0.325 e.